The van der Waals surface area contributed by atoms with Crippen LogP contribution < -0.4 is 20.1 Å². The van der Waals surface area contributed by atoms with Gasteiger partial charge in [0.15, 0.2) is 0 Å². The van der Waals surface area contributed by atoms with Crippen molar-refractivity contribution in [3.63, 3.8) is 0 Å². The summed E-state index contributed by atoms with van der Waals surface area (Å²) in [6.07, 6.45) is 3.23. The predicted octanol–water partition coefficient (Wildman–Crippen LogP) is 6.12. The highest BCUT2D eigenvalue weighted by atomic mass is 16.5. The van der Waals surface area contributed by atoms with Crippen LogP contribution in [-0.2, 0) is 9.59 Å². The first-order valence-electron chi connectivity index (χ1n) is 11.0. The molecule has 4 aromatic rings. The Morgan fingerprint density at radius 1 is 0.886 bits per heavy atom. The Morgan fingerprint density at radius 2 is 1.60 bits per heavy atom. The molecule has 0 aliphatic carbocycles. The maximum atomic E-state index is 12.7. The zero-order valence-electron chi connectivity index (χ0n) is 20.0. The molecule has 1 heterocycles. The van der Waals surface area contributed by atoms with E-state index in [1.54, 1.807) is 44.7 Å². The lowest BCUT2D eigenvalue weighted by molar-refractivity contribution is -0.114. The number of methoxy groups -OCH3 is 2. The van der Waals surface area contributed by atoms with E-state index in [0.717, 1.165) is 33.4 Å². The van der Waals surface area contributed by atoms with Gasteiger partial charge in [-0.25, -0.2) is 0 Å². The van der Waals surface area contributed by atoms with Gasteiger partial charge in [0.1, 0.15) is 17.1 Å². The lowest BCUT2D eigenvalue weighted by Gasteiger charge is -2.11. The number of nitrogens with one attached hydrogen (secondary N) is 2. The van der Waals surface area contributed by atoms with Crippen molar-refractivity contribution >= 4 is 39.7 Å². The number of allylic oxidation sites excluding steroid dienone is 1. The molecule has 4 rings (SSSR count). The molecule has 0 saturated carbocycles. The fourth-order valence-corrected chi connectivity index (χ4v) is 3.84. The topological polar surface area (TPSA) is 89.8 Å². The van der Waals surface area contributed by atoms with Crippen molar-refractivity contribution < 1.29 is 23.5 Å². The summed E-state index contributed by atoms with van der Waals surface area (Å²) < 4.78 is 16.7. The Balaban J connectivity index is 1.63. The van der Waals surface area contributed by atoms with Gasteiger partial charge in [-0.3, -0.25) is 9.59 Å². The second-order valence-corrected chi connectivity index (χ2v) is 8.01. The summed E-state index contributed by atoms with van der Waals surface area (Å²) >= 11 is 0. The Hall–Kier alpha value is -4.52. The van der Waals surface area contributed by atoms with Crippen molar-refractivity contribution in [3.05, 3.63) is 78.6 Å². The van der Waals surface area contributed by atoms with E-state index in [1.807, 2.05) is 43.3 Å². The third-order valence-electron chi connectivity index (χ3n) is 5.52. The molecule has 7 nitrogen and oxygen atoms in total. The van der Waals surface area contributed by atoms with Gasteiger partial charge in [-0.1, -0.05) is 12.1 Å². The minimum absolute atomic E-state index is 0.154. The number of furan rings is 1. The maximum Gasteiger partial charge on any atom is 0.248 e. The first-order valence-corrected chi connectivity index (χ1v) is 11.0. The quantitative estimate of drug-likeness (QED) is 0.318. The molecule has 1 aromatic heterocycles. The highest BCUT2D eigenvalue weighted by Crippen LogP contribution is 2.38. The van der Waals surface area contributed by atoms with Crippen LogP contribution in [0.5, 0.6) is 11.5 Å². The summed E-state index contributed by atoms with van der Waals surface area (Å²) in [6, 6.07) is 18.4. The summed E-state index contributed by atoms with van der Waals surface area (Å²) in [5.74, 6) is 0.921. The molecule has 0 atom stereocenters. The number of carbonyl (C=O) groups excluding carboxylic acids is 2. The average Bonchev–Trinajstić information content (AvgIpc) is 3.27. The molecule has 0 spiro atoms. The lowest BCUT2D eigenvalue weighted by Crippen LogP contribution is -2.09. The van der Waals surface area contributed by atoms with Crippen LogP contribution in [-0.4, -0.2) is 26.0 Å². The molecule has 0 bridgehead atoms. The second kappa shape index (κ2) is 10.2. The smallest absolute Gasteiger partial charge is 0.248 e. The number of ether oxygens (including phenoxy) is 2. The van der Waals surface area contributed by atoms with E-state index in [2.05, 4.69) is 10.6 Å². The molecular formula is C28H26N2O5. The molecule has 178 valence electrons. The fourth-order valence-electron chi connectivity index (χ4n) is 3.84. The molecule has 7 heteroatoms. The highest BCUT2D eigenvalue weighted by Gasteiger charge is 2.15. The van der Waals surface area contributed by atoms with E-state index in [9.17, 15) is 9.59 Å². The fraction of sp³-hybridized carbons (Fsp3) is 0.143. The second-order valence-electron chi connectivity index (χ2n) is 8.01. The van der Waals surface area contributed by atoms with Crippen molar-refractivity contribution in [2.24, 2.45) is 0 Å². The number of hydrogen-bond acceptors (Lipinski definition) is 5. The number of fused-ring (bicyclic) bond motifs is 1. The normalized spacial score (nSPS) is 11.3. The number of benzene rings is 3. The Bertz CT molecular complexity index is 1420. The van der Waals surface area contributed by atoms with Crippen molar-refractivity contribution in [2.45, 2.75) is 13.8 Å². The first-order chi connectivity index (χ1) is 16.9. The van der Waals surface area contributed by atoms with Gasteiger partial charge in [-0.05, 0) is 60.5 Å². The predicted molar refractivity (Wildman–Crippen MR) is 138 cm³/mol. The molecular weight excluding hydrogens is 444 g/mol. The van der Waals surface area contributed by atoms with Gasteiger partial charge in [0.25, 0.3) is 0 Å². The van der Waals surface area contributed by atoms with Gasteiger partial charge in [-0.2, -0.15) is 0 Å². The molecule has 0 aliphatic rings. The van der Waals surface area contributed by atoms with Crippen LogP contribution in [0.1, 0.15) is 19.4 Å². The summed E-state index contributed by atoms with van der Waals surface area (Å²) in [4.78, 5) is 23.9. The minimum atomic E-state index is -0.280. The molecule has 0 fully saturated rings. The van der Waals surface area contributed by atoms with Gasteiger partial charge in [0, 0.05) is 47.0 Å². The van der Waals surface area contributed by atoms with E-state index in [1.165, 1.54) is 13.0 Å². The molecule has 2 amide bonds. The minimum Gasteiger partial charge on any atom is -0.497 e. The van der Waals surface area contributed by atoms with Crippen LogP contribution in [0.25, 0.3) is 27.7 Å². The van der Waals surface area contributed by atoms with Gasteiger partial charge < -0.3 is 24.5 Å². The third kappa shape index (κ3) is 5.35. The molecule has 0 radical (unpaired) electrons. The van der Waals surface area contributed by atoms with Crippen LogP contribution in [0.15, 0.2) is 77.4 Å². The Morgan fingerprint density at radius 3 is 2.26 bits per heavy atom. The van der Waals surface area contributed by atoms with Crippen molar-refractivity contribution in [1.82, 2.24) is 0 Å². The number of anilines is 2. The molecule has 3 aromatic carbocycles. The molecule has 0 unspecified atom stereocenters. The van der Waals surface area contributed by atoms with Gasteiger partial charge in [0.2, 0.25) is 11.8 Å². The van der Waals surface area contributed by atoms with Gasteiger partial charge in [-0.15, -0.1) is 0 Å². The number of amides is 2. The Kier molecular flexibility index (Phi) is 6.87. The van der Waals surface area contributed by atoms with Crippen LogP contribution in [0.3, 0.4) is 0 Å². The third-order valence-corrected chi connectivity index (χ3v) is 5.52. The number of rotatable bonds is 7. The molecule has 0 aliphatic heterocycles. The van der Waals surface area contributed by atoms with Crippen molar-refractivity contribution in [3.8, 4) is 22.6 Å². The first kappa shape index (κ1) is 23.6. The SMILES string of the molecule is COc1cccc(-c2coc3cc(OC)c(/C(C)=C/C(=O)Nc4ccc(NC(C)=O)cc4)cc23)c1. The largest absolute Gasteiger partial charge is 0.497 e. The maximum absolute atomic E-state index is 12.7. The standard InChI is InChI=1S/C28H26N2O5/c1-17(12-28(32)30-21-10-8-20(9-11-21)29-18(2)31)23-14-24-25(16-35-27(24)15-26(23)34-4)19-6-5-7-22(13-19)33-3/h5-16H,1-4H3,(H,29,31)(H,30,32)/b17-12+. The van der Waals surface area contributed by atoms with Crippen molar-refractivity contribution in [1.29, 1.82) is 0 Å². The molecule has 35 heavy (non-hydrogen) atoms. The molecule has 0 saturated heterocycles. The van der Waals surface area contributed by atoms with E-state index < -0.39 is 0 Å². The van der Waals surface area contributed by atoms with E-state index >= 15 is 0 Å². The zero-order chi connectivity index (χ0) is 24.9. The van der Waals surface area contributed by atoms with Crippen LogP contribution >= 0.6 is 0 Å². The molecule has 2 N–H and O–H groups in total. The number of hydrogen-bond donors (Lipinski definition) is 2. The summed E-state index contributed by atoms with van der Waals surface area (Å²) in [6.45, 7) is 3.30. The summed E-state index contributed by atoms with van der Waals surface area (Å²) in [5, 5.41) is 6.43. The Labute approximate surface area is 203 Å². The van der Waals surface area contributed by atoms with Gasteiger partial charge in [0.05, 0.1) is 20.5 Å². The average molecular weight is 471 g/mol. The van der Waals surface area contributed by atoms with E-state index in [4.69, 9.17) is 13.9 Å². The lowest BCUT2D eigenvalue weighted by atomic mass is 9.99. The van der Waals surface area contributed by atoms with E-state index in [-0.39, 0.29) is 11.8 Å². The number of carbonyl (C=O) groups is 2. The van der Waals surface area contributed by atoms with Crippen LogP contribution in [0.4, 0.5) is 11.4 Å². The van der Waals surface area contributed by atoms with E-state index in [0.29, 0.717) is 22.7 Å². The zero-order valence-corrected chi connectivity index (χ0v) is 20.0. The highest BCUT2D eigenvalue weighted by molar-refractivity contribution is 6.05. The van der Waals surface area contributed by atoms with Crippen LogP contribution in [0, 0.1) is 0 Å². The van der Waals surface area contributed by atoms with Crippen LogP contribution in [0.2, 0.25) is 0 Å². The summed E-state index contributed by atoms with van der Waals surface area (Å²) in [7, 11) is 3.21. The summed E-state index contributed by atoms with van der Waals surface area (Å²) in [5.41, 5.74) is 5.34. The monoisotopic (exact) mass is 470 g/mol. The van der Waals surface area contributed by atoms with Gasteiger partial charge >= 0.3 is 0 Å². The van der Waals surface area contributed by atoms with Crippen molar-refractivity contribution in [2.75, 3.05) is 24.9 Å².